The predicted octanol–water partition coefficient (Wildman–Crippen LogP) is 1.84. The molecule has 0 spiro atoms. The standard InChI is InChI=1S/C18H26N2O2/c1-9(21)19-17-6-14-12-3-11-4-13(14)16(8-17)18(5-11,15(12)7-17)20-10(2)22/h11-16H,3-8H2,1-2H3,(H,19,21)(H,20,22). The SMILES string of the molecule is CC(=O)NC12CC3C4CC5CC3C(C1)C(NC(C)=O)(C5)C4C2. The third kappa shape index (κ3) is 1.45. The third-order valence-corrected chi connectivity index (χ3v) is 7.99. The van der Waals surface area contributed by atoms with Crippen LogP contribution in [0.4, 0.5) is 0 Å². The van der Waals surface area contributed by atoms with Gasteiger partial charge in [-0.3, -0.25) is 9.59 Å². The van der Waals surface area contributed by atoms with Gasteiger partial charge in [0.2, 0.25) is 11.8 Å². The highest BCUT2D eigenvalue weighted by Gasteiger charge is 2.73. The molecule has 22 heavy (non-hydrogen) atoms. The molecule has 2 amide bonds. The number of nitrogens with one attached hydrogen (secondary N) is 2. The molecule has 0 heterocycles. The van der Waals surface area contributed by atoms with Gasteiger partial charge in [-0.2, -0.15) is 0 Å². The summed E-state index contributed by atoms with van der Waals surface area (Å²) in [4.78, 5) is 23.7. The molecule has 4 nitrogen and oxygen atoms in total. The van der Waals surface area contributed by atoms with E-state index in [0.717, 1.165) is 36.5 Å². The largest absolute Gasteiger partial charge is 0.351 e. The summed E-state index contributed by atoms with van der Waals surface area (Å²) >= 11 is 0. The van der Waals surface area contributed by atoms with E-state index in [2.05, 4.69) is 10.6 Å². The van der Waals surface area contributed by atoms with Crippen molar-refractivity contribution >= 4 is 11.8 Å². The maximum atomic E-state index is 11.9. The lowest BCUT2D eigenvalue weighted by molar-refractivity contribution is -0.235. The molecular formula is C18H26N2O2. The van der Waals surface area contributed by atoms with Crippen LogP contribution < -0.4 is 10.6 Å². The minimum Gasteiger partial charge on any atom is -0.351 e. The fraction of sp³-hybridized carbons (Fsp3) is 0.889. The molecule has 4 atom stereocenters. The number of hydrogen-bond donors (Lipinski definition) is 2. The van der Waals surface area contributed by atoms with E-state index in [-0.39, 0.29) is 22.9 Å². The molecule has 120 valence electrons. The zero-order chi connectivity index (χ0) is 15.3. The van der Waals surface area contributed by atoms with Crippen LogP contribution in [0, 0.1) is 35.5 Å². The normalized spacial score (nSPS) is 56.3. The Morgan fingerprint density at radius 1 is 0.818 bits per heavy atom. The molecule has 8 bridgehead atoms. The van der Waals surface area contributed by atoms with E-state index < -0.39 is 0 Å². The summed E-state index contributed by atoms with van der Waals surface area (Å²) in [6.07, 6.45) is 7.30. The van der Waals surface area contributed by atoms with Crippen LogP contribution in [0.1, 0.15) is 52.4 Å². The summed E-state index contributed by atoms with van der Waals surface area (Å²) in [5.74, 6) is 4.65. The first-order valence-electron chi connectivity index (χ1n) is 9.00. The molecule has 7 saturated carbocycles. The van der Waals surface area contributed by atoms with Gasteiger partial charge in [0, 0.05) is 24.9 Å². The Morgan fingerprint density at radius 3 is 1.95 bits per heavy atom. The zero-order valence-electron chi connectivity index (χ0n) is 13.5. The summed E-state index contributed by atoms with van der Waals surface area (Å²) in [6.45, 7) is 3.33. The maximum absolute atomic E-state index is 11.9. The lowest BCUT2D eigenvalue weighted by Crippen LogP contribution is -2.81. The van der Waals surface area contributed by atoms with Gasteiger partial charge in [-0.1, -0.05) is 0 Å². The zero-order valence-corrected chi connectivity index (χ0v) is 13.5. The Bertz CT molecular complexity index is 547. The topological polar surface area (TPSA) is 58.2 Å². The van der Waals surface area contributed by atoms with Crippen LogP contribution in [-0.2, 0) is 9.59 Å². The van der Waals surface area contributed by atoms with E-state index in [4.69, 9.17) is 0 Å². The van der Waals surface area contributed by atoms with E-state index in [1.165, 1.54) is 25.7 Å². The van der Waals surface area contributed by atoms with Gasteiger partial charge >= 0.3 is 0 Å². The molecule has 0 aromatic heterocycles. The Labute approximate surface area is 131 Å². The Kier molecular flexibility index (Phi) is 2.36. The smallest absolute Gasteiger partial charge is 0.217 e. The van der Waals surface area contributed by atoms with Crippen LogP contribution in [0.15, 0.2) is 0 Å². The number of rotatable bonds is 2. The molecule has 0 saturated heterocycles. The summed E-state index contributed by atoms with van der Waals surface area (Å²) in [5, 5.41) is 6.78. The second kappa shape index (κ2) is 3.88. The van der Waals surface area contributed by atoms with E-state index in [1.807, 2.05) is 0 Å². The molecule has 4 heteroatoms. The van der Waals surface area contributed by atoms with Crippen molar-refractivity contribution in [2.45, 2.75) is 63.5 Å². The van der Waals surface area contributed by atoms with Crippen LogP contribution >= 0.6 is 0 Å². The van der Waals surface area contributed by atoms with Crippen molar-refractivity contribution in [3.63, 3.8) is 0 Å². The molecule has 0 aliphatic heterocycles. The Hall–Kier alpha value is -1.06. The lowest BCUT2D eigenvalue weighted by Gasteiger charge is -2.76. The van der Waals surface area contributed by atoms with Gasteiger partial charge in [0.1, 0.15) is 0 Å². The molecule has 2 N–H and O–H groups in total. The Morgan fingerprint density at radius 2 is 1.41 bits per heavy atom. The van der Waals surface area contributed by atoms with Crippen molar-refractivity contribution in [1.29, 1.82) is 0 Å². The quantitative estimate of drug-likeness (QED) is 0.818. The van der Waals surface area contributed by atoms with Crippen molar-refractivity contribution in [2.24, 2.45) is 35.5 Å². The first-order valence-corrected chi connectivity index (χ1v) is 9.00. The second-order valence-corrected chi connectivity index (χ2v) is 9.04. The van der Waals surface area contributed by atoms with Crippen LogP contribution in [0.25, 0.3) is 0 Å². The summed E-state index contributed by atoms with van der Waals surface area (Å²) < 4.78 is 0. The van der Waals surface area contributed by atoms with Gasteiger partial charge in [0.25, 0.3) is 0 Å². The highest BCUT2D eigenvalue weighted by Crippen LogP contribution is 2.73. The Balaban J connectivity index is 1.59. The van der Waals surface area contributed by atoms with Gasteiger partial charge in [0.15, 0.2) is 0 Å². The first-order chi connectivity index (χ1) is 10.4. The maximum Gasteiger partial charge on any atom is 0.217 e. The molecule has 4 unspecified atom stereocenters. The van der Waals surface area contributed by atoms with Crippen molar-refractivity contribution in [1.82, 2.24) is 10.6 Å². The second-order valence-electron chi connectivity index (χ2n) is 9.04. The first kappa shape index (κ1) is 13.4. The molecular weight excluding hydrogens is 276 g/mol. The number of carbonyl (C=O) groups is 2. The molecule has 0 radical (unpaired) electrons. The number of hydrogen-bond acceptors (Lipinski definition) is 2. The van der Waals surface area contributed by atoms with E-state index in [9.17, 15) is 9.59 Å². The number of amides is 2. The van der Waals surface area contributed by atoms with Crippen molar-refractivity contribution in [3.8, 4) is 0 Å². The average molecular weight is 302 g/mol. The van der Waals surface area contributed by atoms with Gasteiger partial charge < -0.3 is 10.6 Å². The predicted molar refractivity (Wildman–Crippen MR) is 81.7 cm³/mol. The minimum atomic E-state index is 0.0327. The summed E-state index contributed by atoms with van der Waals surface area (Å²) in [5.41, 5.74) is 0.0895. The van der Waals surface area contributed by atoms with E-state index >= 15 is 0 Å². The van der Waals surface area contributed by atoms with Crippen LogP contribution in [0.2, 0.25) is 0 Å². The summed E-state index contributed by atoms with van der Waals surface area (Å²) in [7, 11) is 0. The molecule has 7 rings (SSSR count). The number of carbonyl (C=O) groups excluding carboxylic acids is 2. The molecule has 7 fully saturated rings. The highest BCUT2D eigenvalue weighted by molar-refractivity contribution is 5.75. The van der Waals surface area contributed by atoms with Gasteiger partial charge in [-0.15, -0.1) is 0 Å². The van der Waals surface area contributed by atoms with Crippen molar-refractivity contribution in [3.05, 3.63) is 0 Å². The van der Waals surface area contributed by atoms with E-state index in [0.29, 0.717) is 11.8 Å². The van der Waals surface area contributed by atoms with Crippen LogP contribution in [0.5, 0.6) is 0 Å². The molecule has 7 aliphatic carbocycles. The monoisotopic (exact) mass is 302 g/mol. The molecule has 7 aliphatic rings. The van der Waals surface area contributed by atoms with Crippen LogP contribution in [-0.4, -0.2) is 22.9 Å². The van der Waals surface area contributed by atoms with Gasteiger partial charge in [-0.25, -0.2) is 0 Å². The van der Waals surface area contributed by atoms with E-state index in [1.54, 1.807) is 13.8 Å². The summed E-state index contributed by atoms with van der Waals surface area (Å²) in [6, 6.07) is 0. The fourth-order valence-corrected chi connectivity index (χ4v) is 8.05. The van der Waals surface area contributed by atoms with Gasteiger partial charge in [0.05, 0.1) is 0 Å². The third-order valence-electron chi connectivity index (χ3n) is 7.99. The highest BCUT2D eigenvalue weighted by atomic mass is 16.2. The van der Waals surface area contributed by atoms with Crippen molar-refractivity contribution < 1.29 is 9.59 Å². The minimum absolute atomic E-state index is 0.0327. The molecule has 0 aromatic rings. The molecule has 0 aromatic carbocycles. The van der Waals surface area contributed by atoms with Gasteiger partial charge in [-0.05, 0) is 74.0 Å². The van der Waals surface area contributed by atoms with Crippen molar-refractivity contribution in [2.75, 3.05) is 0 Å². The lowest BCUT2D eigenvalue weighted by atomic mass is 9.32. The fourth-order valence-electron chi connectivity index (χ4n) is 8.05. The average Bonchev–Trinajstić information content (AvgIpc) is 2.42. The van der Waals surface area contributed by atoms with Crippen LogP contribution in [0.3, 0.4) is 0 Å².